The molecule has 0 heterocycles. The molecule has 2 aliphatic carbocycles. The van der Waals surface area contributed by atoms with Gasteiger partial charge in [-0.05, 0) is 43.2 Å². The molecule has 3 rings (SSSR count). The zero-order valence-electron chi connectivity index (χ0n) is 12.0. The van der Waals surface area contributed by atoms with E-state index >= 15 is 0 Å². The lowest BCUT2D eigenvalue weighted by Crippen LogP contribution is -2.38. The number of nitrogens with one attached hydrogen (secondary N) is 1. The summed E-state index contributed by atoms with van der Waals surface area (Å²) in [5, 5.41) is 12.3. The number of carboxylic acid groups (broad SMARTS) is 1. The minimum Gasteiger partial charge on any atom is -0.481 e. The fraction of sp³-hybridized carbons (Fsp3) is 0.529. The lowest BCUT2D eigenvalue weighted by Gasteiger charge is -2.28. The fourth-order valence-electron chi connectivity index (χ4n) is 3.75. The summed E-state index contributed by atoms with van der Waals surface area (Å²) in [7, 11) is 0. The van der Waals surface area contributed by atoms with Gasteiger partial charge in [-0.1, -0.05) is 30.7 Å². The molecule has 2 N–H and O–H groups in total. The molecule has 1 aromatic rings. The van der Waals surface area contributed by atoms with Gasteiger partial charge in [0.15, 0.2) is 0 Å². The predicted molar refractivity (Wildman–Crippen MR) is 78.7 cm³/mol. The first-order valence-corrected chi connectivity index (χ1v) is 7.78. The number of benzene rings is 1. The van der Waals surface area contributed by atoms with Gasteiger partial charge in [0.1, 0.15) is 0 Å². The van der Waals surface area contributed by atoms with Gasteiger partial charge in [0.05, 0.1) is 17.9 Å². The summed E-state index contributed by atoms with van der Waals surface area (Å²) in [4.78, 5) is 23.7. The summed E-state index contributed by atoms with van der Waals surface area (Å²) in [6, 6.07) is 8.25. The van der Waals surface area contributed by atoms with E-state index in [4.69, 9.17) is 0 Å². The fourth-order valence-corrected chi connectivity index (χ4v) is 3.75. The monoisotopic (exact) mass is 287 g/mol. The third kappa shape index (κ3) is 2.80. The average molecular weight is 287 g/mol. The second-order valence-electron chi connectivity index (χ2n) is 6.13. The molecular formula is C17H21NO3. The van der Waals surface area contributed by atoms with Crippen LogP contribution in [-0.2, 0) is 16.0 Å². The Kier molecular flexibility index (Phi) is 3.95. The van der Waals surface area contributed by atoms with Gasteiger partial charge >= 0.3 is 5.97 Å². The van der Waals surface area contributed by atoms with Gasteiger partial charge in [-0.15, -0.1) is 0 Å². The molecule has 3 atom stereocenters. The number of amides is 1. The summed E-state index contributed by atoms with van der Waals surface area (Å²) in [5.74, 6) is -1.79. The van der Waals surface area contributed by atoms with Gasteiger partial charge < -0.3 is 10.4 Å². The minimum atomic E-state index is -0.836. The molecule has 0 aliphatic heterocycles. The van der Waals surface area contributed by atoms with Gasteiger partial charge in [-0.25, -0.2) is 0 Å². The molecule has 1 fully saturated rings. The molecule has 1 amide bonds. The number of rotatable bonds is 3. The molecule has 0 bridgehead atoms. The first-order chi connectivity index (χ1) is 10.2. The number of carbonyl (C=O) groups is 2. The number of carbonyl (C=O) groups excluding carboxylic acids is 1. The van der Waals surface area contributed by atoms with Crippen molar-refractivity contribution in [1.29, 1.82) is 0 Å². The molecule has 21 heavy (non-hydrogen) atoms. The molecule has 1 saturated carbocycles. The molecule has 0 saturated heterocycles. The molecule has 4 heteroatoms. The van der Waals surface area contributed by atoms with Crippen molar-refractivity contribution < 1.29 is 14.7 Å². The SMILES string of the molecule is O=C(O)[C@H]1CCC[C@@H]1C(=O)N[C@@H]1CCCc2ccccc21. The standard InChI is InChI=1S/C17H21NO3/c19-16(13-8-4-9-14(13)17(20)21)18-15-10-3-6-11-5-1-2-7-12(11)15/h1-2,5,7,13-15H,3-4,6,8-10H2,(H,18,19)(H,20,21)/t13-,14-,15+/m0/s1. The van der Waals surface area contributed by atoms with E-state index in [0.29, 0.717) is 12.8 Å². The molecule has 2 aliphatic rings. The quantitative estimate of drug-likeness (QED) is 0.898. The Bertz CT molecular complexity index is 555. The smallest absolute Gasteiger partial charge is 0.307 e. The Morgan fingerprint density at radius 2 is 1.81 bits per heavy atom. The van der Waals surface area contributed by atoms with Crippen LogP contribution < -0.4 is 5.32 Å². The van der Waals surface area contributed by atoms with E-state index in [1.54, 1.807) is 0 Å². The van der Waals surface area contributed by atoms with E-state index in [1.807, 2.05) is 12.1 Å². The highest BCUT2D eigenvalue weighted by atomic mass is 16.4. The Balaban J connectivity index is 1.73. The van der Waals surface area contributed by atoms with E-state index in [2.05, 4.69) is 17.4 Å². The first-order valence-electron chi connectivity index (χ1n) is 7.78. The molecule has 1 aromatic carbocycles. The first kappa shape index (κ1) is 14.1. The normalized spacial score (nSPS) is 27.9. The van der Waals surface area contributed by atoms with Crippen LogP contribution in [0.5, 0.6) is 0 Å². The summed E-state index contributed by atoms with van der Waals surface area (Å²) in [6.45, 7) is 0. The predicted octanol–water partition coefficient (Wildman–Crippen LogP) is 2.68. The molecular weight excluding hydrogens is 266 g/mol. The van der Waals surface area contributed by atoms with E-state index in [1.165, 1.54) is 11.1 Å². The van der Waals surface area contributed by atoms with Crippen LogP contribution in [0.1, 0.15) is 49.3 Å². The lowest BCUT2D eigenvalue weighted by molar-refractivity contribution is -0.146. The minimum absolute atomic E-state index is 0.0393. The van der Waals surface area contributed by atoms with Gasteiger partial charge in [-0.2, -0.15) is 0 Å². The third-order valence-electron chi connectivity index (χ3n) is 4.86. The van der Waals surface area contributed by atoms with Crippen LogP contribution in [0.3, 0.4) is 0 Å². The van der Waals surface area contributed by atoms with Crippen LogP contribution >= 0.6 is 0 Å². The topological polar surface area (TPSA) is 66.4 Å². The number of carboxylic acids is 1. The Labute approximate surface area is 124 Å². The molecule has 0 spiro atoms. The summed E-state index contributed by atoms with van der Waals surface area (Å²) in [5.41, 5.74) is 2.50. The van der Waals surface area contributed by atoms with Crippen molar-refractivity contribution in [3.63, 3.8) is 0 Å². The number of aliphatic carboxylic acids is 1. The largest absolute Gasteiger partial charge is 0.481 e. The zero-order chi connectivity index (χ0) is 14.8. The van der Waals surface area contributed by atoms with Crippen LogP contribution in [0, 0.1) is 11.8 Å². The highest BCUT2D eigenvalue weighted by molar-refractivity contribution is 5.85. The lowest BCUT2D eigenvalue weighted by atomic mass is 9.87. The summed E-state index contributed by atoms with van der Waals surface area (Å²) in [6.07, 6.45) is 5.20. The van der Waals surface area contributed by atoms with E-state index in [-0.39, 0.29) is 17.9 Å². The van der Waals surface area contributed by atoms with Crippen molar-refractivity contribution in [1.82, 2.24) is 5.32 Å². The number of fused-ring (bicyclic) bond motifs is 1. The van der Waals surface area contributed by atoms with Gasteiger partial charge in [0, 0.05) is 0 Å². The maximum Gasteiger partial charge on any atom is 0.307 e. The summed E-state index contributed by atoms with van der Waals surface area (Å²) >= 11 is 0. The molecule has 4 nitrogen and oxygen atoms in total. The third-order valence-corrected chi connectivity index (χ3v) is 4.86. The van der Waals surface area contributed by atoms with E-state index in [9.17, 15) is 14.7 Å². The van der Waals surface area contributed by atoms with Crippen molar-refractivity contribution in [2.45, 2.75) is 44.6 Å². The Morgan fingerprint density at radius 3 is 2.62 bits per heavy atom. The van der Waals surface area contributed by atoms with E-state index < -0.39 is 11.9 Å². The number of hydrogen-bond donors (Lipinski definition) is 2. The summed E-state index contributed by atoms with van der Waals surface area (Å²) < 4.78 is 0. The zero-order valence-corrected chi connectivity index (χ0v) is 12.0. The van der Waals surface area contributed by atoms with Crippen molar-refractivity contribution >= 4 is 11.9 Å². The van der Waals surface area contributed by atoms with Crippen LogP contribution in [0.2, 0.25) is 0 Å². The maximum absolute atomic E-state index is 12.5. The Morgan fingerprint density at radius 1 is 1.05 bits per heavy atom. The van der Waals surface area contributed by atoms with Crippen LogP contribution in [0.25, 0.3) is 0 Å². The van der Waals surface area contributed by atoms with Crippen molar-refractivity contribution in [2.24, 2.45) is 11.8 Å². The molecule has 112 valence electrons. The highest BCUT2D eigenvalue weighted by Gasteiger charge is 2.38. The number of hydrogen-bond acceptors (Lipinski definition) is 2. The van der Waals surface area contributed by atoms with E-state index in [0.717, 1.165) is 25.7 Å². The van der Waals surface area contributed by atoms with Crippen molar-refractivity contribution in [2.75, 3.05) is 0 Å². The molecule has 0 radical (unpaired) electrons. The van der Waals surface area contributed by atoms with Crippen molar-refractivity contribution in [3.05, 3.63) is 35.4 Å². The van der Waals surface area contributed by atoms with Crippen molar-refractivity contribution in [3.8, 4) is 0 Å². The average Bonchev–Trinajstić information content (AvgIpc) is 2.97. The van der Waals surface area contributed by atoms with Gasteiger partial charge in [0.25, 0.3) is 0 Å². The second-order valence-corrected chi connectivity index (χ2v) is 6.13. The van der Waals surface area contributed by atoms with Gasteiger partial charge in [-0.3, -0.25) is 9.59 Å². The van der Waals surface area contributed by atoms with Crippen LogP contribution in [0.4, 0.5) is 0 Å². The van der Waals surface area contributed by atoms with Crippen LogP contribution in [0.15, 0.2) is 24.3 Å². The van der Waals surface area contributed by atoms with Gasteiger partial charge in [0.2, 0.25) is 5.91 Å². The highest BCUT2D eigenvalue weighted by Crippen LogP contribution is 2.34. The number of aryl methyl sites for hydroxylation is 1. The Hall–Kier alpha value is -1.84. The van der Waals surface area contributed by atoms with Crippen LogP contribution in [-0.4, -0.2) is 17.0 Å². The molecule has 0 unspecified atom stereocenters. The molecule has 0 aromatic heterocycles. The second kappa shape index (κ2) is 5.88. The maximum atomic E-state index is 12.5.